The first kappa shape index (κ1) is 13.0. The monoisotopic (exact) mass is 259 g/mol. The molecule has 0 aromatic heterocycles. The van der Waals surface area contributed by atoms with Crippen molar-refractivity contribution in [1.82, 2.24) is 5.32 Å². The van der Waals surface area contributed by atoms with Gasteiger partial charge >= 0.3 is 0 Å². The summed E-state index contributed by atoms with van der Waals surface area (Å²) in [6.45, 7) is 5.63. The summed E-state index contributed by atoms with van der Waals surface area (Å²) in [4.78, 5) is 0. The molecule has 4 atom stereocenters. The van der Waals surface area contributed by atoms with Crippen molar-refractivity contribution in [2.75, 3.05) is 6.61 Å². The van der Waals surface area contributed by atoms with Gasteiger partial charge in [-0.1, -0.05) is 32.0 Å². The molecule has 1 fully saturated rings. The van der Waals surface area contributed by atoms with Crippen LogP contribution < -0.4 is 10.1 Å². The van der Waals surface area contributed by atoms with Crippen LogP contribution in [0.5, 0.6) is 5.75 Å². The highest BCUT2D eigenvalue weighted by Crippen LogP contribution is 2.35. The fraction of sp³-hybridized carbons (Fsp3) is 0.647. The van der Waals surface area contributed by atoms with Gasteiger partial charge in [0, 0.05) is 24.1 Å². The van der Waals surface area contributed by atoms with Crippen molar-refractivity contribution in [2.45, 2.75) is 51.6 Å². The van der Waals surface area contributed by atoms with Gasteiger partial charge in [0.2, 0.25) is 0 Å². The average molecular weight is 259 g/mol. The van der Waals surface area contributed by atoms with E-state index in [1.807, 2.05) is 0 Å². The predicted octanol–water partition coefficient (Wildman–Crippen LogP) is 3.92. The van der Waals surface area contributed by atoms with E-state index in [2.05, 4.69) is 43.4 Å². The molecule has 0 saturated heterocycles. The Morgan fingerprint density at radius 3 is 2.79 bits per heavy atom. The molecule has 2 heteroatoms. The van der Waals surface area contributed by atoms with Crippen LogP contribution in [-0.4, -0.2) is 12.6 Å². The zero-order valence-corrected chi connectivity index (χ0v) is 12.1. The Labute approximate surface area is 116 Å². The quantitative estimate of drug-likeness (QED) is 0.869. The van der Waals surface area contributed by atoms with Gasteiger partial charge in [-0.3, -0.25) is 0 Å². The minimum atomic E-state index is 0.478. The molecule has 1 aromatic rings. The van der Waals surface area contributed by atoms with Crippen LogP contribution in [0.3, 0.4) is 0 Å². The Morgan fingerprint density at radius 1 is 1.11 bits per heavy atom. The van der Waals surface area contributed by atoms with E-state index >= 15 is 0 Å². The molecule has 0 amide bonds. The summed E-state index contributed by atoms with van der Waals surface area (Å²) in [6, 6.07) is 9.64. The van der Waals surface area contributed by atoms with Gasteiger partial charge in [-0.2, -0.15) is 0 Å². The lowest BCUT2D eigenvalue weighted by molar-refractivity contribution is 0.187. The summed E-state index contributed by atoms with van der Waals surface area (Å²) in [6.07, 6.45) is 5.15. The Kier molecular flexibility index (Phi) is 3.79. The van der Waals surface area contributed by atoms with Gasteiger partial charge < -0.3 is 10.1 Å². The summed E-state index contributed by atoms with van der Waals surface area (Å²) in [5.41, 5.74) is 1.35. The first-order valence-electron chi connectivity index (χ1n) is 7.72. The Morgan fingerprint density at radius 2 is 1.95 bits per heavy atom. The number of fused-ring (bicyclic) bond motifs is 1. The van der Waals surface area contributed by atoms with Gasteiger partial charge in [-0.15, -0.1) is 0 Å². The maximum atomic E-state index is 5.75. The van der Waals surface area contributed by atoms with E-state index in [-0.39, 0.29) is 0 Å². The van der Waals surface area contributed by atoms with E-state index in [4.69, 9.17) is 4.74 Å². The van der Waals surface area contributed by atoms with E-state index in [1.54, 1.807) is 0 Å². The van der Waals surface area contributed by atoms with E-state index < -0.39 is 0 Å². The van der Waals surface area contributed by atoms with Crippen LogP contribution in [0.2, 0.25) is 0 Å². The maximum Gasteiger partial charge on any atom is 0.124 e. The molecule has 1 aromatic carbocycles. The van der Waals surface area contributed by atoms with Crippen LogP contribution in [0.1, 0.15) is 51.1 Å². The largest absolute Gasteiger partial charge is 0.493 e. The van der Waals surface area contributed by atoms with E-state index in [0.29, 0.717) is 12.1 Å². The highest BCUT2D eigenvalue weighted by atomic mass is 16.5. The lowest BCUT2D eigenvalue weighted by Crippen LogP contribution is -2.42. The number of ether oxygens (including phenoxy) is 1. The number of benzene rings is 1. The van der Waals surface area contributed by atoms with Crippen LogP contribution in [0.15, 0.2) is 24.3 Å². The molecule has 1 saturated carbocycles. The molecule has 0 bridgehead atoms. The first-order valence-corrected chi connectivity index (χ1v) is 7.72. The lowest BCUT2D eigenvalue weighted by Gasteiger charge is -2.37. The molecule has 0 radical (unpaired) electrons. The van der Waals surface area contributed by atoms with Crippen LogP contribution in [-0.2, 0) is 0 Å². The zero-order valence-electron chi connectivity index (χ0n) is 12.1. The highest BCUT2D eigenvalue weighted by molar-refractivity contribution is 5.37. The maximum absolute atomic E-state index is 5.75. The summed E-state index contributed by atoms with van der Waals surface area (Å²) < 4.78 is 5.75. The van der Waals surface area contributed by atoms with Crippen molar-refractivity contribution in [2.24, 2.45) is 11.8 Å². The Bertz CT molecular complexity index is 431. The fourth-order valence-electron chi connectivity index (χ4n) is 3.69. The summed E-state index contributed by atoms with van der Waals surface area (Å²) in [5, 5.41) is 3.90. The number of nitrogens with one attached hydrogen (secondary N) is 1. The number of hydrogen-bond donors (Lipinski definition) is 1. The number of rotatable bonds is 2. The molecule has 2 nitrogen and oxygen atoms in total. The van der Waals surface area contributed by atoms with Gasteiger partial charge in [-0.05, 0) is 37.2 Å². The second-order valence-electron chi connectivity index (χ2n) is 6.40. The van der Waals surface area contributed by atoms with Crippen molar-refractivity contribution in [3.05, 3.63) is 29.8 Å². The highest BCUT2D eigenvalue weighted by Gasteiger charge is 2.29. The van der Waals surface area contributed by atoms with Gasteiger partial charge in [0.15, 0.2) is 0 Å². The Balaban J connectivity index is 1.71. The third-order valence-corrected chi connectivity index (χ3v) is 4.81. The van der Waals surface area contributed by atoms with Gasteiger partial charge in [0.05, 0.1) is 6.61 Å². The summed E-state index contributed by atoms with van der Waals surface area (Å²) in [7, 11) is 0. The second kappa shape index (κ2) is 5.54. The van der Waals surface area contributed by atoms with Crippen LogP contribution in [0, 0.1) is 11.8 Å². The molecule has 19 heavy (non-hydrogen) atoms. The zero-order chi connectivity index (χ0) is 13.2. The molecule has 1 heterocycles. The van der Waals surface area contributed by atoms with Crippen molar-refractivity contribution < 1.29 is 4.74 Å². The van der Waals surface area contributed by atoms with Gasteiger partial charge in [0.25, 0.3) is 0 Å². The molecule has 1 N–H and O–H groups in total. The van der Waals surface area contributed by atoms with Crippen molar-refractivity contribution in [1.29, 1.82) is 0 Å². The molecular weight excluding hydrogens is 234 g/mol. The molecular formula is C17H25NO. The normalized spacial score (nSPS) is 34.4. The van der Waals surface area contributed by atoms with Crippen molar-refractivity contribution >= 4 is 0 Å². The van der Waals surface area contributed by atoms with E-state index in [0.717, 1.165) is 30.6 Å². The third kappa shape index (κ3) is 2.79. The molecule has 1 aliphatic heterocycles. The topological polar surface area (TPSA) is 21.3 Å². The average Bonchev–Trinajstić information content (AvgIpc) is 2.42. The van der Waals surface area contributed by atoms with Crippen LogP contribution in [0.25, 0.3) is 0 Å². The summed E-state index contributed by atoms with van der Waals surface area (Å²) in [5.74, 6) is 2.76. The molecule has 1 aliphatic carbocycles. The van der Waals surface area contributed by atoms with Gasteiger partial charge in [-0.25, -0.2) is 0 Å². The smallest absolute Gasteiger partial charge is 0.124 e. The fourth-order valence-corrected chi connectivity index (χ4v) is 3.69. The molecule has 4 unspecified atom stereocenters. The summed E-state index contributed by atoms with van der Waals surface area (Å²) >= 11 is 0. The van der Waals surface area contributed by atoms with E-state index in [1.165, 1.54) is 24.8 Å². The second-order valence-corrected chi connectivity index (χ2v) is 6.40. The van der Waals surface area contributed by atoms with Gasteiger partial charge in [0.1, 0.15) is 5.75 Å². The Hall–Kier alpha value is -1.02. The van der Waals surface area contributed by atoms with Crippen LogP contribution in [0.4, 0.5) is 0 Å². The minimum Gasteiger partial charge on any atom is -0.493 e. The molecule has 2 aliphatic rings. The van der Waals surface area contributed by atoms with Crippen molar-refractivity contribution in [3.63, 3.8) is 0 Å². The molecule has 0 spiro atoms. The standard InChI is InChI=1S/C17H25NO/c1-12-7-8-15(13(2)11-12)18-16-9-10-19-17-6-4-3-5-14(16)17/h3-6,12-13,15-16,18H,7-11H2,1-2H3. The molecule has 104 valence electrons. The lowest BCUT2D eigenvalue weighted by atomic mass is 9.79. The first-order chi connectivity index (χ1) is 9.24. The SMILES string of the molecule is CC1CCC(NC2CCOc3ccccc32)C(C)C1. The number of para-hydroxylation sites is 1. The number of hydrogen-bond acceptors (Lipinski definition) is 2. The van der Waals surface area contributed by atoms with E-state index in [9.17, 15) is 0 Å². The van der Waals surface area contributed by atoms with Crippen LogP contribution >= 0.6 is 0 Å². The predicted molar refractivity (Wildman–Crippen MR) is 78.4 cm³/mol. The minimum absolute atomic E-state index is 0.478. The third-order valence-electron chi connectivity index (χ3n) is 4.81. The molecule has 3 rings (SSSR count). The van der Waals surface area contributed by atoms with Crippen molar-refractivity contribution in [3.8, 4) is 5.75 Å².